The van der Waals surface area contributed by atoms with Crippen LogP contribution in [0, 0.1) is 6.92 Å². The minimum atomic E-state index is 0.522. The molecule has 0 saturated heterocycles. The molecule has 0 spiro atoms. The molecule has 0 atom stereocenters. The van der Waals surface area contributed by atoms with Gasteiger partial charge < -0.3 is 14.6 Å². The molecule has 2 saturated carbocycles. The second-order valence-corrected chi connectivity index (χ2v) is 16.6. The number of hydrogen-bond donors (Lipinski definition) is 1. The van der Waals surface area contributed by atoms with Gasteiger partial charge in [0.05, 0.1) is 11.4 Å². The number of benzene rings is 8. The summed E-state index contributed by atoms with van der Waals surface area (Å²) in [5.41, 5.74) is 11.8. The van der Waals surface area contributed by atoms with E-state index in [0.717, 1.165) is 39.2 Å². The Hall–Kier alpha value is -5.80. The van der Waals surface area contributed by atoms with Crippen molar-refractivity contribution in [2.75, 3.05) is 10.2 Å². The smallest absolute Gasteiger partial charge is 0.159 e. The van der Waals surface area contributed by atoms with Crippen molar-refractivity contribution in [1.82, 2.24) is 0 Å². The van der Waals surface area contributed by atoms with Crippen molar-refractivity contribution in [3.63, 3.8) is 0 Å². The SMILES string of the molecule is Cc1cccc2c1oc1c(N(c3ccccc3)c3cc(C4CCCCC4)c4ccc5c(Nc6ccccc6)cc(C6CCCCC6)c6ccc3c4c56)cccc12. The van der Waals surface area contributed by atoms with Crippen LogP contribution in [0.15, 0.2) is 138 Å². The normalized spacial score (nSPS) is 15.8. The predicted octanol–water partition coefficient (Wildman–Crippen LogP) is 16.1. The van der Waals surface area contributed by atoms with Gasteiger partial charge in [0, 0.05) is 38.6 Å². The monoisotopic (exact) mass is 728 g/mol. The third-order valence-corrected chi connectivity index (χ3v) is 13.3. The van der Waals surface area contributed by atoms with Crippen molar-refractivity contribution in [1.29, 1.82) is 0 Å². The standard InChI is InChI=1S/C53H48N2O/c1-34-16-14-25-41-42-26-15-27-48(53(42)56-52(34)41)55(38-23-12-5-13-24-38)49-33-46(36-19-8-3-9-20-36)40-28-30-43-47(54-37-21-10-4-11-22-37)32-45(35-17-6-2-7-18-35)39-29-31-44(49)51(40)50(39)43/h4-5,10-16,21-33,35-36,54H,2-3,6-9,17-20H2,1H3. The zero-order chi connectivity index (χ0) is 37.2. The zero-order valence-electron chi connectivity index (χ0n) is 32.3. The molecule has 0 radical (unpaired) electrons. The van der Waals surface area contributed by atoms with Gasteiger partial charge in [-0.05, 0) is 125 Å². The van der Waals surface area contributed by atoms with Crippen LogP contribution in [0.4, 0.5) is 28.4 Å². The van der Waals surface area contributed by atoms with E-state index >= 15 is 0 Å². The van der Waals surface area contributed by atoms with Crippen LogP contribution in [-0.2, 0) is 0 Å². The van der Waals surface area contributed by atoms with E-state index in [-0.39, 0.29) is 0 Å². The van der Waals surface area contributed by atoms with E-state index in [2.05, 4.69) is 151 Å². The minimum absolute atomic E-state index is 0.522. The second kappa shape index (κ2) is 13.7. The van der Waals surface area contributed by atoms with Crippen molar-refractivity contribution in [2.24, 2.45) is 0 Å². The summed E-state index contributed by atoms with van der Waals surface area (Å²) in [6.45, 7) is 2.15. The summed E-state index contributed by atoms with van der Waals surface area (Å²) in [6, 6.07) is 49.8. The highest BCUT2D eigenvalue weighted by atomic mass is 16.3. The average Bonchev–Trinajstić information content (AvgIpc) is 3.66. The van der Waals surface area contributed by atoms with Gasteiger partial charge in [-0.25, -0.2) is 0 Å². The molecule has 0 aliphatic heterocycles. The van der Waals surface area contributed by atoms with Crippen LogP contribution >= 0.6 is 0 Å². The van der Waals surface area contributed by atoms with Crippen LogP contribution < -0.4 is 10.2 Å². The van der Waals surface area contributed by atoms with Gasteiger partial charge in [0.25, 0.3) is 0 Å². The Morgan fingerprint density at radius 2 is 1.05 bits per heavy atom. The van der Waals surface area contributed by atoms with Crippen LogP contribution in [0.1, 0.15) is 92.7 Å². The van der Waals surface area contributed by atoms with Crippen molar-refractivity contribution in [2.45, 2.75) is 83.0 Å². The zero-order valence-corrected chi connectivity index (χ0v) is 32.3. The van der Waals surface area contributed by atoms with Crippen molar-refractivity contribution >= 4 is 82.7 Å². The quantitative estimate of drug-likeness (QED) is 0.166. The topological polar surface area (TPSA) is 28.4 Å². The third-order valence-electron chi connectivity index (χ3n) is 13.3. The second-order valence-electron chi connectivity index (χ2n) is 16.6. The van der Waals surface area contributed by atoms with Crippen LogP contribution in [0.2, 0.25) is 0 Å². The first-order chi connectivity index (χ1) is 27.7. The number of anilines is 5. The summed E-state index contributed by atoms with van der Waals surface area (Å²) >= 11 is 0. The van der Waals surface area contributed by atoms with Crippen LogP contribution in [-0.4, -0.2) is 0 Å². The van der Waals surface area contributed by atoms with Crippen molar-refractivity contribution in [3.8, 4) is 0 Å². The Balaban J connectivity index is 1.25. The van der Waals surface area contributed by atoms with Gasteiger partial charge in [-0.15, -0.1) is 0 Å². The van der Waals surface area contributed by atoms with E-state index < -0.39 is 0 Å². The van der Waals surface area contributed by atoms with E-state index in [9.17, 15) is 0 Å². The summed E-state index contributed by atoms with van der Waals surface area (Å²) in [4.78, 5) is 2.50. The van der Waals surface area contributed by atoms with Crippen LogP contribution in [0.25, 0.3) is 54.3 Å². The summed E-state index contributed by atoms with van der Waals surface area (Å²) in [6.07, 6.45) is 12.9. The molecule has 1 aromatic heterocycles. The predicted molar refractivity (Wildman–Crippen MR) is 238 cm³/mol. The van der Waals surface area contributed by atoms with Crippen LogP contribution in [0.5, 0.6) is 0 Å². The van der Waals surface area contributed by atoms with Crippen LogP contribution in [0.3, 0.4) is 0 Å². The van der Waals surface area contributed by atoms with E-state index in [0.29, 0.717) is 11.8 Å². The molecule has 0 unspecified atom stereocenters. The molecule has 11 rings (SSSR count). The lowest BCUT2D eigenvalue weighted by Gasteiger charge is -2.32. The first kappa shape index (κ1) is 33.5. The number of nitrogens with one attached hydrogen (secondary N) is 1. The minimum Gasteiger partial charge on any atom is -0.454 e. The maximum atomic E-state index is 6.92. The lowest BCUT2D eigenvalue weighted by molar-refractivity contribution is 0.445. The van der Waals surface area contributed by atoms with Gasteiger partial charge in [0.15, 0.2) is 5.58 Å². The Labute approximate surface area is 329 Å². The molecule has 2 aliphatic rings. The van der Waals surface area contributed by atoms with Gasteiger partial charge in [0.2, 0.25) is 0 Å². The molecule has 2 fully saturated rings. The Kier molecular flexibility index (Phi) is 8.23. The molecule has 1 N–H and O–H groups in total. The Bertz CT molecular complexity index is 2860. The molecular formula is C53H48N2O. The number of para-hydroxylation sites is 4. The number of fused-ring (bicyclic) bond motifs is 3. The molecular weight excluding hydrogens is 681 g/mol. The van der Waals surface area contributed by atoms with Gasteiger partial charge >= 0.3 is 0 Å². The fourth-order valence-corrected chi connectivity index (χ4v) is 10.6. The first-order valence-corrected chi connectivity index (χ1v) is 21.1. The lowest BCUT2D eigenvalue weighted by atomic mass is 9.77. The molecule has 0 bridgehead atoms. The molecule has 9 aromatic rings. The fraction of sp³-hybridized carbons (Fsp3) is 0.245. The van der Waals surface area contributed by atoms with Crippen molar-refractivity contribution < 1.29 is 4.42 Å². The summed E-state index contributed by atoms with van der Waals surface area (Å²) in [5.74, 6) is 1.09. The van der Waals surface area contributed by atoms with Gasteiger partial charge in [-0.1, -0.05) is 130 Å². The van der Waals surface area contributed by atoms with E-state index in [1.54, 1.807) is 0 Å². The first-order valence-electron chi connectivity index (χ1n) is 21.1. The van der Waals surface area contributed by atoms with Crippen molar-refractivity contribution in [3.05, 3.63) is 150 Å². The summed E-state index contributed by atoms with van der Waals surface area (Å²) in [7, 11) is 0. The number of rotatable bonds is 7. The van der Waals surface area contributed by atoms with E-state index in [1.807, 2.05) is 0 Å². The summed E-state index contributed by atoms with van der Waals surface area (Å²) in [5, 5.41) is 14.5. The Morgan fingerprint density at radius 1 is 0.482 bits per heavy atom. The highest BCUT2D eigenvalue weighted by Crippen LogP contribution is 2.52. The number of hydrogen-bond acceptors (Lipinski definition) is 3. The maximum absolute atomic E-state index is 6.92. The lowest BCUT2D eigenvalue weighted by Crippen LogP contribution is -2.13. The van der Waals surface area contributed by atoms with Gasteiger partial charge in [-0.2, -0.15) is 0 Å². The molecule has 3 heteroatoms. The highest BCUT2D eigenvalue weighted by molar-refractivity contribution is 6.29. The maximum Gasteiger partial charge on any atom is 0.159 e. The third kappa shape index (κ3) is 5.46. The van der Waals surface area contributed by atoms with Gasteiger partial charge in [0.1, 0.15) is 5.58 Å². The van der Waals surface area contributed by atoms with E-state index in [1.165, 1.54) is 124 Å². The molecule has 276 valence electrons. The number of aryl methyl sites for hydroxylation is 1. The molecule has 8 aromatic carbocycles. The number of nitrogens with zero attached hydrogens (tertiary/aromatic N) is 1. The Morgan fingerprint density at radius 3 is 1.75 bits per heavy atom. The average molecular weight is 729 g/mol. The molecule has 2 aliphatic carbocycles. The fourth-order valence-electron chi connectivity index (χ4n) is 10.6. The van der Waals surface area contributed by atoms with Gasteiger partial charge in [-0.3, -0.25) is 0 Å². The van der Waals surface area contributed by atoms with E-state index in [4.69, 9.17) is 4.42 Å². The number of furan rings is 1. The molecule has 0 amide bonds. The highest BCUT2D eigenvalue weighted by Gasteiger charge is 2.29. The molecule has 1 heterocycles. The summed E-state index contributed by atoms with van der Waals surface area (Å²) < 4.78 is 6.92. The molecule has 3 nitrogen and oxygen atoms in total. The molecule has 56 heavy (non-hydrogen) atoms. The largest absolute Gasteiger partial charge is 0.454 e.